The van der Waals surface area contributed by atoms with Gasteiger partial charge in [-0.05, 0) is 24.3 Å². The van der Waals surface area contributed by atoms with E-state index in [-0.39, 0.29) is 22.9 Å². The number of hydrogen-bond acceptors (Lipinski definition) is 6. The lowest BCUT2D eigenvalue weighted by atomic mass is 10.1. The van der Waals surface area contributed by atoms with Crippen molar-refractivity contribution in [3.63, 3.8) is 0 Å². The summed E-state index contributed by atoms with van der Waals surface area (Å²) in [7, 11) is 0. The molecule has 0 saturated carbocycles. The molecule has 0 aromatic carbocycles. The molecule has 3 rings (SSSR count). The van der Waals surface area contributed by atoms with Crippen LogP contribution < -0.4 is 11.1 Å². The summed E-state index contributed by atoms with van der Waals surface area (Å²) in [6, 6.07) is 8.11. The zero-order valence-corrected chi connectivity index (χ0v) is 11.1. The van der Waals surface area contributed by atoms with Crippen LogP contribution in [-0.2, 0) is 0 Å². The lowest BCUT2D eigenvalue weighted by molar-refractivity contribution is 0.0993. The SMILES string of the molecule is NC(=O)c1c(-c2ccccn2)noc1NC(=O)c1ccco1. The standard InChI is InChI=1S/C14H10N4O4/c15-12(19)10-11(8-4-1-2-6-16-8)18-22-14(10)17-13(20)9-5-3-7-21-9/h1-7H,(H2,15,19)(H,17,20). The van der Waals surface area contributed by atoms with Gasteiger partial charge < -0.3 is 14.7 Å². The van der Waals surface area contributed by atoms with E-state index in [4.69, 9.17) is 14.7 Å². The minimum absolute atomic E-state index is 0.0568. The monoisotopic (exact) mass is 298 g/mol. The van der Waals surface area contributed by atoms with Crippen LogP contribution in [0.25, 0.3) is 11.4 Å². The van der Waals surface area contributed by atoms with Crippen LogP contribution in [0, 0.1) is 0 Å². The molecule has 3 N–H and O–H groups in total. The Morgan fingerprint density at radius 3 is 2.68 bits per heavy atom. The number of hydrogen-bond donors (Lipinski definition) is 2. The van der Waals surface area contributed by atoms with Crippen molar-refractivity contribution in [2.75, 3.05) is 5.32 Å². The highest BCUT2D eigenvalue weighted by Gasteiger charge is 2.25. The summed E-state index contributed by atoms with van der Waals surface area (Å²) in [5.74, 6) is -1.48. The van der Waals surface area contributed by atoms with Crippen LogP contribution in [0.15, 0.2) is 51.7 Å². The number of carbonyl (C=O) groups excluding carboxylic acids is 2. The van der Waals surface area contributed by atoms with Crippen LogP contribution >= 0.6 is 0 Å². The van der Waals surface area contributed by atoms with Crippen LogP contribution in [0.2, 0.25) is 0 Å². The van der Waals surface area contributed by atoms with E-state index in [0.717, 1.165) is 0 Å². The summed E-state index contributed by atoms with van der Waals surface area (Å²) in [4.78, 5) is 27.7. The van der Waals surface area contributed by atoms with Crippen molar-refractivity contribution in [3.05, 3.63) is 54.1 Å². The quantitative estimate of drug-likeness (QED) is 0.755. The molecule has 0 saturated heterocycles. The average Bonchev–Trinajstić information content (AvgIpc) is 3.17. The minimum Gasteiger partial charge on any atom is -0.459 e. The molecule has 8 heteroatoms. The zero-order valence-electron chi connectivity index (χ0n) is 11.1. The Hall–Kier alpha value is -3.42. The van der Waals surface area contributed by atoms with Gasteiger partial charge in [-0.1, -0.05) is 11.2 Å². The topological polar surface area (TPSA) is 124 Å². The van der Waals surface area contributed by atoms with E-state index >= 15 is 0 Å². The third kappa shape index (κ3) is 2.44. The smallest absolute Gasteiger partial charge is 0.293 e. The van der Waals surface area contributed by atoms with Crippen LogP contribution in [0.3, 0.4) is 0 Å². The van der Waals surface area contributed by atoms with Gasteiger partial charge in [-0.3, -0.25) is 19.9 Å². The molecule has 0 radical (unpaired) electrons. The second-order valence-electron chi connectivity index (χ2n) is 4.25. The fraction of sp³-hybridized carbons (Fsp3) is 0. The van der Waals surface area contributed by atoms with E-state index in [1.54, 1.807) is 24.3 Å². The fourth-order valence-electron chi connectivity index (χ4n) is 1.85. The molecule has 22 heavy (non-hydrogen) atoms. The molecule has 0 spiro atoms. The predicted molar refractivity (Wildman–Crippen MR) is 74.9 cm³/mol. The largest absolute Gasteiger partial charge is 0.459 e. The first-order chi connectivity index (χ1) is 10.7. The van der Waals surface area contributed by atoms with Gasteiger partial charge in [-0.25, -0.2) is 0 Å². The van der Waals surface area contributed by atoms with E-state index in [9.17, 15) is 9.59 Å². The third-order valence-corrected chi connectivity index (χ3v) is 2.82. The molecule has 2 amide bonds. The van der Waals surface area contributed by atoms with Gasteiger partial charge in [0, 0.05) is 6.20 Å². The van der Waals surface area contributed by atoms with Gasteiger partial charge in [-0.2, -0.15) is 0 Å². The highest BCUT2D eigenvalue weighted by atomic mass is 16.5. The Morgan fingerprint density at radius 1 is 1.18 bits per heavy atom. The van der Waals surface area contributed by atoms with Crippen LogP contribution in [-0.4, -0.2) is 22.0 Å². The number of nitrogens with zero attached hydrogens (tertiary/aromatic N) is 2. The van der Waals surface area contributed by atoms with Gasteiger partial charge in [-0.15, -0.1) is 0 Å². The van der Waals surface area contributed by atoms with Crippen LogP contribution in [0.4, 0.5) is 5.88 Å². The first kappa shape index (κ1) is 13.6. The van der Waals surface area contributed by atoms with Crippen LogP contribution in [0.5, 0.6) is 0 Å². The highest BCUT2D eigenvalue weighted by Crippen LogP contribution is 2.27. The maximum atomic E-state index is 11.9. The molecule has 0 aliphatic rings. The molecule has 3 aromatic rings. The van der Waals surface area contributed by atoms with Crippen molar-refractivity contribution < 1.29 is 18.5 Å². The Balaban J connectivity index is 1.97. The van der Waals surface area contributed by atoms with Crippen molar-refractivity contribution >= 4 is 17.7 Å². The van der Waals surface area contributed by atoms with E-state index in [0.29, 0.717) is 5.69 Å². The molecular weight excluding hydrogens is 288 g/mol. The molecule has 3 aromatic heterocycles. The van der Waals surface area contributed by atoms with Gasteiger partial charge in [0.05, 0.1) is 12.0 Å². The minimum atomic E-state index is -0.795. The van der Waals surface area contributed by atoms with Crippen molar-refractivity contribution in [1.29, 1.82) is 0 Å². The normalized spacial score (nSPS) is 10.4. The second-order valence-corrected chi connectivity index (χ2v) is 4.25. The van der Waals surface area contributed by atoms with Crippen molar-refractivity contribution in [1.82, 2.24) is 10.1 Å². The molecule has 3 heterocycles. The van der Waals surface area contributed by atoms with Crippen molar-refractivity contribution in [2.24, 2.45) is 5.73 Å². The predicted octanol–water partition coefficient (Wildman–Crippen LogP) is 1.68. The van der Waals surface area contributed by atoms with Gasteiger partial charge in [0.15, 0.2) is 5.76 Å². The number of aromatic nitrogens is 2. The summed E-state index contributed by atoms with van der Waals surface area (Å²) in [5.41, 5.74) is 5.85. The number of furan rings is 1. The Labute approximate surface area is 123 Å². The Kier molecular flexibility index (Phi) is 3.40. The molecule has 110 valence electrons. The number of rotatable bonds is 4. The van der Waals surface area contributed by atoms with E-state index in [2.05, 4.69) is 15.5 Å². The van der Waals surface area contributed by atoms with Gasteiger partial charge in [0.2, 0.25) is 5.88 Å². The number of nitrogens with two attached hydrogens (primary N) is 1. The number of amides is 2. The first-order valence-corrected chi connectivity index (χ1v) is 6.22. The summed E-state index contributed by atoms with van der Waals surface area (Å²) in [6.07, 6.45) is 2.89. The molecule has 0 aliphatic carbocycles. The summed E-state index contributed by atoms with van der Waals surface area (Å²) in [5, 5.41) is 6.15. The molecule has 8 nitrogen and oxygen atoms in total. The van der Waals surface area contributed by atoms with E-state index in [1.165, 1.54) is 18.5 Å². The maximum Gasteiger partial charge on any atom is 0.293 e. The molecular formula is C14H10N4O4. The highest BCUT2D eigenvalue weighted by molar-refractivity contribution is 6.08. The maximum absolute atomic E-state index is 11.9. The molecule has 0 aliphatic heterocycles. The molecule has 0 bridgehead atoms. The van der Waals surface area contributed by atoms with Gasteiger partial charge >= 0.3 is 0 Å². The number of pyridine rings is 1. The summed E-state index contributed by atoms with van der Waals surface area (Å²) in [6.45, 7) is 0. The second kappa shape index (κ2) is 5.52. The number of carbonyl (C=O) groups is 2. The number of nitrogens with one attached hydrogen (secondary N) is 1. The molecule has 0 unspecified atom stereocenters. The van der Waals surface area contributed by atoms with E-state index < -0.39 is 11.8 Å². The van der Waals surface area contributed by atoms with Crippen molar-refractivity contribution in [3.8, 4) is 11.4 Å². The average molecular weight is 298 g/mol. The number of anilines is 1. The molecule has 0 fully saturated rings. The fourth-order valence-corrected chi connectivity index (χ4v) is 1.85. The van der Waals surface area contributed by atoms with Crippen LogP contribution in [0.1, 0.15) is 20.9 Å². The van der Waals surface area contributed by atoms with E-state index in [1.807, 2.05) is 0 Å². The molecule has 0 atom stereocenters. The summed E-state index contributed by atoms with van der Waals surface area (Å²) < 4.78 is 9.97. The lowest BCUT2D eigenvalue weighted by Crippen LogP contribution is -2.17. The van der Waals surface area contributed by atoms with Gasteiger partial charge in [0.1, 0.15) is 11.3 Å². The number of primary amides is 1. The third-order valence-electron chi connectivity index (χ3n) is 2.82. The lowest BCUT2D eigenvalue weighted by Gasteiger charge is -2.01. The summed E-state index contributed by atoms with van der Waals surface area (Å²) >= 11 is 0. The van der Waals surface area contributed by atoms with Gasteiger partial charge in [0.25, 0.3) is 11.8 Å². The first-order valence-electron chi connectivity index (χ1n) is 6.22. The Bertz CT molecular complexity index is 809. The Morgan fingerprint density at radius 2 is 2.05 bits per heavy atom. The zero-order chi connectivity index (χ0) is 15.5. The van der Waals surface area contributed by atoms with Crippen molar-refractivity contribution in [2.45, 2.75) is 0 Å².